The van der Waals surface area contributed by atoms with Crippen LogP contribution in [0.15, 0.2) is 33.3 Å². The van der Waals surface area contributed by atoms with Crippen molar-refractivity contribution in [1.29, 1.82) is 0 Å². The summed E-state index contributed by atoms with van der Waals surface area (Å²) in [6, 6.07) is 5.66. The van der Waals surface area contributed by atoms with Crippen LogP contribution in [0.1, 0.15) is 41.7 Å². The van der Waals surface area contributed by atoms with E-state index in [9.17, 15) is 17.6 Å². The molecule has 0 N–H and O–H groups in total. The molecule has 2 fully saturated rings. The number of nitrogens with zero attached hydrogens (tertiary/aromatic N) is 4. The number of hydrogen-bond acceptors (Lipinski definition) is 8. The smallest absolute Gasteiger partial charge is 0.231 e. The molecule has 33 heavy (non-hydrogen) atoms. The second-order valence-electron chi connectivity index (χ2n) is 8.74. The van der Waals surface area contributed by atoms with Gasteiger partial charge in [0.15, 0.2) is 9.84 Å². The molecule has 0 bridgehead atoms. The first kappa shape index (κ1) is 21.7. The number of amides is 1. The standard InChI is InChI=1S/C22H23FN4O5S/c1-13-17(14(2)31-25-13)7-8-19(28)27-11-22(12-27)18(9-10-33(22,29)30)21-24-20(26-32-21)15-3-5-16(23)6-4-15/h3-6,18H,7-12H2,1-2H3. The topological polar surface area (TPSA) is 119 Å². The van der Waals surface area contributed by atoms with Gasteiger partial charge in [-0.05, 0) is 51.0 Å². The molecular formula is C22H23FN4O5S. The zero-order valence-corrected chi connectivity index (χ0v) is 19.1. The van der Waals surface area contributed by atoms with E-state index in [1.165, 1.54) is 24.3 Å². The fourth-order valence-electron chi connectivity index (χ4n) is 4.84. The van der Waals surface area contributed by atoms with Crippen LogP contribution in [0, 0.1) is 19.7 Å². The summed E-state index contributed by atoms with van der Waals surface area (Å²) in [7, 11) is -3.44. The van der Waals surface area contributed by atoms with E-state index in [1.807, 2.05) is 6.92 Å². The van der Waals surface area contributed by atoms with Gasteiger partial charge in [0, 0.05) is 30.6 Å². The molecule has 3 aromatic rings. The summed E-state index contributed by atoms with van der Waals surface area (Å²) in [5.41, 5.74) is 2.24. The minimum Gasteiger partial charge on any atom is -0.361 e. The first-order chi connectivity index (χ1) is 15.7. The highest BCUT2D eigenvalue weighted by atomic mass is 32.2. The van der Waals surface area contributed by atoms with Crippen molar-refractivity contribution in [2.75, 3.05) is 18.8 Å². The van der Waals surface area contributed by atoms with Crippen LogP contribution in [0.5, 0.6) is 0 Å². The Morgan fingerprint density at radius 3 is 2.58 bits per heavy atom. The number of likely N-dealkylation sites (tertiary alicyclic amines) is 1. The number of sulfone groups is 1. The summed E-state index contributed by atoms with van der Waals surface area (Å²) in [6.07, 6.45) is 1.10. The first-order valence-electron chi connectivity index (χ1n) is 10.7. The second-order valence-corrected chi connectivity index (χ2v) is 11.2. The number of benzene rings is 1. The molecule has 4 heterocycles. The van der Waals surface area contributed by atoms with Gasteiger partial charge in [-0.25, -0.2) is 12.8 Å². The van der Waals surface area contributed by atoms with E-state index >= 15 is 0 Å². The molecule has 0 aliphatic carbocycles. The maximum atomic E-state index is 13.2. The third-order valence-corrected chi connectivity index (χ3v) is 9.37. The molecule has 1 amide bonds. The quantitative estimate of drug-likeness (QED) is 0.554. The van der Waals surface area contributed by atoms with Crippen LogP contribution >= 0.6 is 0 Å². The SMILES string of the molecule is Cc1noc(C)c1CCC(=O)N1CC2(C1)C(c1nc(-c3ccc(F)cc3)no1)CCS2(=O)=O. The van der Waals surface area contributed by atoms with Crippen molar-refractivity contribution in [3.63, 3.8) is 0 Å². The van der Waals surface area contributed by atoms with Crippen molar-refractivity contribution in [3.8, 4) is 11.4 Å². The van der Waals surface area contributed by atoms with Crippen LogP contribution in [0.25, 0.3) is 11.4 Å². The van der Waals surface area contributed by atoms with Crippen LogP contribution in [-0.4, -0.2) is 58.1 Å². The summed E-state index contributed by atoms with van der Waals surface area (Å²) in [4.78, 5) is 18.7. The Labute approximate surface area is 189 Å². The number of carbonyl (C=O) groups is 1. The van der Waals surface area contributed by atoms with Gasteiger partial charge < -0.3 is 13.9 Å². The minimum atomic E-state index is -3.44. The molecule has 9 nitrogen and oxygen atoms in total. The van der Waals surface area contributed by atoms with Gasteiger partial charge in [-0.2, -0.15) is 4.98 Å². The van der Waals surface area contributed by atoms with E-state index in [1.54, 1.807) is 11.8 Å². The van der Waals surface area contributed by atoms with Crippen molar-refractivity contribution < 1.29 is 26.6 Å². The summed E-state index contributed by atoms with van der Waals surface area (Å²) in [6.45, 7) is 3.84. The number of aromatic nitrogens is 3. The largest absolute Gasteiger partial charge is 0.361 e. The zero-order chi connectivity index (χ0) is 23.4. The lowest BCUT2D eigenvalue weighted by molar-refractivity contribution is -0.136. The Kier molecular flexibility index (Phi) is 5.11. The summed E-state index contributed by atoms with van der Waals surface area (Å²) < 4.78 is 48.6. The number of hydrogen-bond donors (Lipinski definition) is 0. The molecule has 2 aliphatic heterocycles. The molecule has 1 atom stereocenters. The fraction of sp³-hybridized carbons (Fsp3) is 0.455. The van der Waals surface area contributed by atoms with Gasteiger partial charge >= 0.3 is 0 Å². The Hall–Kier alpha value is -3.08. The predicted molar refractivity (Wildman–Crippen MR) is 114 cm³/mol. The van der Waals surface area contributed by atoms with Gasteiger partial charge in [0.2, 0.25) is 17.6 Å². The van der Waals surface area contributed by atoms with Gasteiger partial charge in [-0.15, -0.1) is 0 Å². The highest BCUT2D eigenvalue weighted by Gasteiger charge is 2.64. The van der Waals surface area contributed by atoms with Gasteiger partial charge in [0.1, 0.15) is 16.3 Å². The molecule has 1 unspecified atom stereocenters. The lowest BCUT2D eigenvalue weighted by Crippen LogP contribution is -2.67. The van der Waals surface area contributed by atoms with Crippen LogP contribution < -0.4 is 0 Å². The van der Waals surface area contributed by atoms with Gasteiger partial charge in [0.25, 0.3) is 0 Å². The van der Waals surface area contributed by atoms with Crippen LogP contribution in [0.3, 0.4) is 0 Å². The van der Waals surface area contributed by atoms with E-state index in [0.717, 1.165) is 11.3 Å². The summed E-state index contributed by atoms with van der Waals surface area (Å²) >= 11 is 0. The molecule has 2 aliphatic rings. The third-order valence-electron chi connectivity index (χ3n) is 6.81. The molecule has 174 valence electrons. The van der Waals surface area contributed by atoms with E-state index in [4.69, 9.17) is 9.05 Å². The average Bonchev–Trinajstić information content (AvgIpc) is 3.42. The highest BCUT2D eigenvalue weighted by Crippen LogP contribution is 2.49. The van der Waals surface area contributed by atoms with Crippen molar-refractivity contribution in [3.05, 3.63) is 53.0 Å². The van der Waals surface area contributed by atoms with Gasteiger partial charge in [-0.3, -0.25) is 4.79 Å². The molecule has 5 rings (SSSR count). The maximum Gasteiger partial charge on any atom is 0.231 e. The zero-order valence-electron chi connectivity index (χ0n) is 18.2. The summed E-state index contributed by atoms with van der Waals surface area (Å²) in [5.74, 6) is 0.223. The average molecular weight is 475 g/mol. The lowest BCUT2D eigenvalue weighted by atomic mass is 9.82. The first-order valence-corrected chi connectivity index (χ1v) is 12.4. The minimum absolute atomic E-state index is 0.00698. The fourth-order valence-corrected chi connectivity index (χ4v) is 7.15. The number of aryl methyl sites for hydroxylation is 2. The second kappa shape index (κ2) is 7.75. The maximum absolute atomic E-state index is 13.2. The Morgan fingerprint density at radius 1 is 1.18 bits per heavy atom. The normalized spacial score (nSPS) is 20.8. The molecular weight excluding hydrogens is 451 g/mol. The predicted octanol–water partition coefficient (Wildman–Crippen LogP) is 2.60. The highest BCUT2D eigenvalue weighted by molar-refractivity contribution is 7.93. The third kappa shape index (κ3) is 3.54. The van der Waals surface area contributed by atoms with E-state index in [2.05, 4.69) is 15.3 Å². The van der Waals surface area contributed by atoms with Crippen LogP contribution in [0.4, 0.5) is 4.39 Å². The number of rotatable bonds is 5. The Morgan fingerprint density at radius 2 is 1.91 bits per heavy atom. The number of carbonyl (C=O) groups excluding carboxylic acids is 1. The summed E-state index contributed by atoms with van der Waals surface area (Å²) in [5, 5.41) is 7.86. The van der Waals surface area contributed by atoms with Crippen LogP contribution in [-0.2, 0) is 21.1 Å². The monoisotopic (exact) mass is 474 g/mol. The van der Waals surface area contributed by atoms with Crippen molar-refractivity contribution in [2.45, 2.75) is 43.8 Å². The Bertz CT molecular complexity index is 1290. The van der Waals surface area contributed by atoms with Crippen LogP contribution in [0.2, 0.25) is 0 Å². The van der Waals surface area contributed by atoms with Gasteiger partial charge in [-0.1, -0.05) is 10.3 Å². The van der Waals surface area contributed by atoms with E-state index in [-0.39, 0.29) is 48.7 Å². The molecule has 2 aromatic heterocycles. The molecule has 2 saturated heterocycles. The van der Waals surface area contributed by atoms with E-state index in [0.29, 0.717) is 24.2 Å². The number of halogens is 1. The molecule has 1 spiro atoms. The van der Waals surface area contributed by atoms with Crippen molar-refractivity contribution in [2.24, 2.45) is 0 Å². The molecule has 1 aromatic carbocycles. The lowest BCUT2D eigenvalue weighted by Gasteiger charge is -2.49. The Balaban J connectivity index is 1.31. The molecule has 0 saturated carbocycles. The van der Waals surface area contributed by atoms with Crippen molar-refractivity contribution in [1.82, 2.24) is 20.2 Å². The molecule has 0 radical (unpaired) electrons. The van der Waals surface area contributed by atoms with Crippen molar-refractivity contribution >= 4 is 15.7 Å². The van der Waals surface area contributed by atoms with E-state index < -0.39 is 20.5 Å². The van der Waals surface area contributed by atoms with Gasteiger partial charge in [0.05, 0.1) is 17.4 Å². The molecule has 11 heteroatoms.